The summed E-state index contributed by atoms with van der Waals surface area (Å²) >= 11 is 0. The van der Waals surface area contributed by atoms with Crippen molar-refractivity contribution in [1.82, 2.24) is 20.8 Å². The zero-order valence-electron chi connectivity index (χ0n) is 11.0. The van der Waals surface area contributed by atoms with Crippen molar-refractivity contribution in [2.75, 3.05) is 6.54 Å². The number of aryl methyl sites for hydroxylation is 1. The Labute approximate surface area is 114 Å². The highest BCUT2D eigenvalue weighted by Crippen LogP contribution is 2.19. The topological polar surface area (TPSA) is 127 Å². The van der Waals surface area contributed by atoms with Crippen molar-refractivity contribution < 1.29 is 24.0 Å². The molecule has 2 amide bonds. The fourth-order valence-electron chi connectivity index (χ4n) is 1.87. The van der Waals surface area contributed by atoms with Crippen molar-refractivity contribution >= 4 is 12.0 Å². The molecule has 1 saturated heterocycles. The van der Waals surface area contributed by atoms with Gasteiger partial charge in [0.2, 0.25) is 5.89 Å². The van der Waals surface area contributed by atoms with E-state index >= 15 is 0 Å². The number of carboxylic acid groups (broad SMARTS) is 1. The maximum atomic E-state index is 11.5. The van der Waals surface area contributed by atoms with E-state index in [0.717, 1.165) is 0 Å². The van der Waals surface area contributed by atoms with Crippen LogP contribution in [0.15, 0.2) is 4.52 Å². The molecule has 2 atom stereocenters. The minimum Gasteiger partial charge on any atom is -0.479 e. The van der Waals surface area contributed by atoms with Crippen LogP contribution in [0.4, 0.5) is 4.79 Å². The van der Waals surface area contributed by atoms with Crippen molar-refractivity contribution in [1.29, 1.82) is 0 Å². The predicted octanol–water partition coefficient (Wildman–Crippen LogP) is -0.191. The number of nitrogens with zero attached hydrogens (tertiary/aromatic N) is 2. The first kappa shape index (κ1) is 14.3. The molecule has 0 bridgehead atoms. The average Bonchev–Trinajstić information content (AvgIpc) is 3.03. The molecule has 0 spiro atoms. The fraction of sp³-hybridized carbons (Fsp3) is 0.636. The lowest BCUT2D eigenvalue weighted by Gasteiger charge is -2.12. The van der Waals surface area contributed by atoms with Crippen molar-refractivity contribution in [3.63, 3.8) is 0 Å². The molecule has 2 rings (SSSR count). The number of carbonyl (C=O) groups is 2. The predicted molar refractivity (Wildman–Crippen MR) is 64.8 cm³/mol. The summed E-state index contributed by atoms with van der Waals surface area (Å²) in [6, 6.07) is -0.400. The molecule has 9 nitrogen and oxygen atoms in total. The highest BCUT2D eigenvalue weighted by atomic mass is 16.5. The summed E-state index contributed by atoms with van der Waals surface area (Å²) in [5, 5.41) is 17.5. The Kier molecular flexibility index (Phi) is 4.51. The molecule has 2 unspecified atom stereocenters. The van der Waals surface area contributed by atoms with Crippen LogP contribution in [0, 0.1) is 6.92 Å². The second-order valence-corrected chi connectivity index (χ2v) is 4.46. The number of carbonyl (C=O) groups excluding carboxylic acids is 1. The number of urea groups is 1. The first-order chi connectivity index (χ1) is 9.54. The number of amides is 2. The van der Waals surface area contributed by atoms with Gasteiger partial charge in [-0.1, -0.05) is 5.16 Å². The molecule has 9 heteroatoms. The third-order valence-corrected chi connectivity index (χ3v) is 2.84. The molecule has 0 aliphatic carbocycles. The van der Waals surface area contributed by atoms with Crippen LogP contribution in [0.1, 0.15) is 24.6 Å². The standard InChI is InChI=1S/C11H16N4O5/c1-6-14-9(20-15-6)5-13-11(18)12-4-7-2-3-8(19-7)10(16)17/h7-8H,2-5H2,1H3,(H,16,17)(H2,12,13,18). The van der Waals surface area contributed by atoms with Crippen molar-refractivity contribution in [2.24, 2.45) is 0 Å². The maximum absolute atomic E-state index is 11.5. The van der Waals surface area contributed by atoms with Gasteiger partial charge in [-0.05, 0) is 19.8 Å². The second kappa shape index (κ2) is 6.33. The smallest absolute Gasteiger partial charge is 0.332 e. The van der Waals surface area contributed by atoms with Gasteiger partial charge >= 0.3 is 12.0 Å². The minimum atomic E-state index is -0.969. The van der Waals surface area contributed by atoms with Crippen LogP contribution in [0.5, 0.6) is 0 Å². The van der Waals surface area contributed by atoms with E-state index in [1.807, 2.05) is 0 Å². The SMILES string of the molecule is Cc1noc(CNC(=O)NCC2CCC(C(=O)O)O2)n1. The lowest BCUT2D eigenvalue weighted by Crippen LogP contribution is -2.39. The molecular formula is C11H16N4O5. The number of ether oxygens (including phenoxy) is 1. The highest BCUT2D eigenvalue weighted by molar-refractivity contribution is 5.74. The number of nitrogens with one attached hydrogen (secondary N) is 2. The normalized spacial score (nSPS) is 21.6. The lowest BCUT2D eigenvalue weighted by atomic mass is 10.2. The summed E-state index contributed by atoms with van der Waals surface area (Å²) in [5.74, 6) is -0.148. The van der Waals surface area contributed by atoms with E-state index in [2.05, 4.69) is 20.8 Å². The molecule has 3 N–H and O–H groups in total. The summed E-state index contributed by atoms with van der Waals surface area (Å²) in [6.45, 7) is 2.08. The number of aromatic nitrogens is 2. The quantitative estimate of drug-likeness (QED) is 0.683. The molecule has 1 fully saturated rings. The monoisotopic (exact) mass is 284 g/mol. The first-order valence-electron chi connectivity index (χ1n) is 6.23. The van der Waals surface area contributed by atoms with Gasteiger partial charge in [0.15, 0.2) is 11.9 Å². The number of carboxylic acids is 1. The Morgan fingerprint density at radius 2 is 2.20 bits per heavy atom. The minimum absolute atomic E-state index is 0.135. The molecule has 1 aromatic heterocycles. The van der Waals surface area contributed by atoms with Crippen LogP contribution < -0.4 is 10.6 Å². The molecule has 20 heavy (non-hydrogen) atoms. The van der Waals surface area contributed by atoms with Crippen LogP contribution in [-0.2, 0) is 16.1 Å². The van der Waals surface area contributed by atoms with E-state index in [4.69, 9.17) is 14.4 Å². The van der Waals surface area contributed by atoms with Gasteiger partial charge in [-0.3, -0.25) is 0 Å². The van der Waals surface area contributed by atoms with Crippen molar-refractivity contribution in [2.45, 2.75) is 38.5 Å². The van der Waals surface area contributed by atoms with Crippen LogP contribution in [-0.4, -0.2) is 46.0 Å². The third-order valence-electron chi connectivity index (χ3n) is 2.84. The highest BCUT2D eigenvalue weighted by Gasteiger charge is 2.30. The lowest BCUT2D eigenvalue weighted by molar-refractivity contribution is -0.149. The van der Waals surface area contributed by atoms with Crippen LogP contribution in [0.25, 0.3) is 0 Å². The maximum Gasteiger partial charge on any atom is 0.332 e. The molecule has 2 heterocycles. The van der Waals surface area contributed by atoms with E-state index in [-0.39, 0.29) is 19.2 Å². The Morgan fingerprint density at radius 3 is 2.80 bits per heavy atom. The number of hydrogen-bond donors (Lipinski definition) is 3. The summed E-state index contributed by atoms with van der Waals surface area (Å²) in [5.41, 5.74) is 0. The van der Waals surface area contributed by atoms with E-state index in [1.165, 1.54) is 0 Å². The molecule has 1 aliphatic rings. The molecular weight excluding hydrogens is 268 g/mol. The van der Waals surface area contributed by atoms with Gasteiger partial charge in [0, 0.05) is 6.54 Å². The Bertz CT molecular complexity index is 489. The number of hydrogen-bond acceptors (Lipinski definition) is 6. The zero-order chi connectivity index (χ0) is 14.5. The van der Waals surface area contributed by atoms with E-state index in [1.54, 1.807) is 6.92 Å². The molecule has 0 aromatic carbocycles. The second-order valence-electron chi connectivity index (χ2n) is 4.46. The Balaban J connectivity index is 1.64. The molecule has 1 aliphatic heterocycles. The molecule has 0 saturated carbocycles. The molecule has 1 aromatic rings. The van der Waals surface area contributed by atoms with Gasteiger partial charge in [0.1, 0.15) is 0 Å². The van der Waals surface area contributed by atoms with Gasteiger partial charge in [0.25, 0.3) is 0 Å². The summed E-state index contributed by atoms with van der Waals surface area (Å²) in [6.07, 6.45) is 0.0312. The van der Waals surface area contributed by atoms with Gasteiger partial charge in [0.05, 0.1) is 12.6 Å². The van der Waals surface area contributed by atoms with Gasteiger partial charge in [-0.25, -0.2) is 9.59 Å². The fourth-order valence-corrected chi connectivity index (χ4v) is 1.87. The number of rotatable bonds is 5. The van der Waals surface area contributed by atoms with Gasteiger partial charge in [-0.2, -0.15) is 4.98 Å². The van der Waals surface area contributed by atoms with Crippen LogP contribution in [0.3, 0.4) is 0 Å². The number of aliphatic carboxylic acids is 1. The third kappa shape index (κ3) is 3.92. The largest absolute Gasteiger partial charge is 0.479 e. The molecule has 0 radical (unpaired) electrons. The Hall–Kier alpha value is -2.16. The van der Waals surface area contributed by atoms with Crippen molar-refractivity contribution in [3.8, 4) is 0 Å². The van der Waals surface area contributed by atoms with Gasteiger partial charge in [-0.15, -0.1) is 0 Å². The van der Waals surface area contributed by atoms with E-state index < -0.39 is 18.1 Å². The summed E-state index contributed by atoms with van der Waals surface area (Å²) in [7, 11) is 0. The summed E-state index contributed by atoms with van der Waals surface area (Å²) in [4.78, 5) is 26.1. The zero-order valence-corrected chi connectivity index (χ0v) is 11.0. The molecule has 110 valence electrons. The Morgan fingerprint density at radius 1 is 1.40 bits per heavy atom. The summed E-state index contributed by atoms with van der Waals surface area (Å²) < 4.78 is 10.1. The average molecular weight is 284 g/mol. The van der Waals surface area contributed by atoms with E-state index in [0.29, 0.717) is 24.6 Å². The van der Waals surface area contributed by atoms with Crippen molar-refractivity contribution in [3.05, 3.63) is 11.7 Å². The first-order valence-corrected chi connectivity index (χ1v) is 6.23. The van der Waals surface area contributed by atoms with Gasteiger partial charge < -0.3 is 25.0 Å². The van der Waals surface area contributed by atoms with Crippen LogP contribution >= 0.6 is 0 Å². The van der Waals surface area contributed by atoms with E-state index in [9.17, 15) is 9.59 Å². The van der Waals surface area contributed by atoms with Crippen LogP contribution in [0.2, 0.25) is 0 Å².